The van der Waals surface area contributed by atoms with Crippen molar-refractivity contribution in [2.75, 3.05) is 0 Å². The first-order chi connectivity index (χ1) is 11.5. The molecule has 3 aromatic rings. The summed E-state index contributed by atoms with van der Waals surface area (Å²) in [5, 5.41) is 8.64. The van der Waals surface area contributed by atoms with Crippen LogP contribution in [0.1, 0.15) is 30.6 Å². The van der Waals surface area contributed by atoms with Gasteiger partial charge in [-0.05, 0) is 36.2 Å². The van der Waals surface area contributed by atoms with Crippen LogP contribution in [0.4, 0.5) is 0 Å². The number of fused-ring (bicyclic) bond motifs is 1. The van der Waals surface area contributed by atoms with E-state index in [0.717, 1.165) is 23.3 Å². The number of nitrogens with one attached hydrogen (secondary N) is 1. The second-order valence-corrected chi connectivity index (χ2v) is 7.22. The topological polar surface area (TPSA) is 89.5 Å². The predicted octanol–water partition coefficient (Wildman–Crippen LogP) is 2.22. The predicted molar refractivity (Wildman–Crippen MR) is 92.9 cm³/mol. The minimum Gasteiger partial charge on any atom is -0.307 e. The lowest BCUT2D eigenvalue weighted by molar-refractivity contribution is 0.514. The van der Waals surface area contributed by atoms with Gasteiger partial charge in [0.15, 0.2) is 0 Å². The van der Waals surface area contributed by atoms with Crippen molar-refractivity contribution < 1.29 is 8.42 Å². The van der Waals surface area contributed by atoms with Crippen LogP contribution in [0, 0.1) is 0 Å². The van der Waals surface area contributed by atoms with E-state index in [2.05, 4.69) is 10.3 Å². The lowest BCUT2D eigenvalue weighted by Gasteiger charge is -2.17. The summed E-state index contributed by atoms with van der Waals surface area (Å²) in [5.41, 5.74) is 2.73. The van der Waals surface area contributed by atoms with E-state index >= 15 is 0 Å². The molecule has 0 bridgehead atoms. The van der Waals surface area contributed by atoms with Crippen molar-refractivity contribution in [3.8, 4) is 0 Å². The summed E-state index contributed by atoms with van der Waals surface area (Å²) in [5.74, 6) is 0. The quantitative estimate of drug-likeness (QED) is 0.717. The summed E-state index contributed by atoms with van der Waals surface area (Å²) in [7, 11) is -3.69. The summed E-state index contributed by atoms with van der Waals surface area (Å²) >= 11 is 0. The van der Waals surface area contributed by atoms with Gasteiger partial charge in [-0.25, -0.2) is 18.5 Å². The summed E-state index contributed by atoms with van der Waals surface area (Å²) in [6, 6.07) is 12.6. The zero-order chi connectivity index (χ0) is 17.2. The first-order valence-corrected chi connectivity index (χ1v) is 9.31. The van der Waals surface area contributed by atoms with E-state index in [0.29, 0.717) is 6.54 Å². The number of rotatable bonds is 6. The van der Waals surface area contributed by atoms with Crippen molar-refractivity contribution >= 4 is 15.7 Å². The molecule has 3 N–H and O–H groups in total. The molecular formula is C17H20N4O2S. The number of imidazole rings is 1. The molecule has 126 valence electrons. The number of benzene rings is 1. The summed E-state index contributed by atoms with van der Waals surface area (Å²) in [4.78, 5) is 4.69. The molecule has 1 unspecified atom stereocenters. The molecule has 0 aliphatic rings. The first-order valence-electron chi connectivity index (χ1n) is 7.76. The fraction of sp³-hybridized carbons (Fsp3) is 0.235. The molecule has 0 amide bonds. The maximum absolute atomic E-state index is 11.5. The number of hydrogen-bond donors (Lipinski definition) is 2. The largest absolute Gasteiger partial charge is 0.307 e. The molecule has 0 saturated carbocycles. The third-order valence-corrected chi connectivity index (χ3v) is 4.85. The van der Waals surface area contributed by atoms with Crippen molar-refractivity contribution in [2.24, 2.45) is 5.14 Å². The summed E-state index contributed by atoms with van der Waals surface area (Å²) < 4.78 is 25.0. The number of sulfonamides is 1. The molecule has 24 heavy (non-hydrogen) atoms. The zero-order valence-corrected chi connectivity index (χ0v) is 14.2. The lowest BCUT2D eigenvalue weighted by Crippen LogP contribution is -2.21. The molecule has 0 aliphatic heterocycles. The zero-order valence-electron chi connectivity index (χ0n) is 13.4. The number of aromatic nitrogens is 2. The number of primary sulfonamides is 1. The molecule has 0 spiro atoms. The average Bonchev–Trinajstić information content (AvgIpc) is 2.98. The van der Waals surface area contributed by atoms with Gasteiger partial charge in [0, 0.05) is 25.0 Å². The van der Waals surface area contributed by atoms with Gasteiger partial charge >= 0.3 is 0 Å². The Labute approximate surface area is 141 Å². The van der Waals surface area contributed by atoms with E-state index in [4.69, 9.17) is 5.14 Å². The first kappa shape index (κ1) is 16.6. The van der Waals surface area contributed by atoms with Gasteiger partial charge in [-0.15, -0.1) is 0 Å². The van der Waals surface area contributed by atoms with Gasteiger partial charge in [-0.3, -0.25) is 0 Å². The van der Waals surface area contributed by atoms with Crippen molar-refractivity contribution in [3.05, 3.63) is 66.1 Å². The molecule has 2 aromatic heterocycles. The Morgan fingerprint density at radius 3 is 2.79 bits per heavy atom. The molecule has 0 fully saturated rings. The number of nitrogens with zero attached hydrogens (tertiary/aromatic N) is 2. The lowest BCUT2D eigenvalue weighted by atomic mass is 10.0. The van der Waals surface area contributed by atoms with Crippen LogP contribution in [0.25, 0.3) is 5.65 Å². The van der Waals surface area contributed by atoms with Crippen LogP contribution in [0.5, 0.6) is 0 Å². The van der Waals surface area contributed by atoms with Crippen LogP contribution < -0.4 is 10.5 Å². The monoisotopic (exact) mass is 344 g/mol. The Kier molecular flexibility index (Phi) is 4.66. The second kappa shape index (κ2) is 6.72. The van der Waals surface area contributed by atoms with Gasteiger partial charge < -0.3 is 9.72 Å². The van der Waals surface area contributed by atoms with Crippen LogP contribution >= 0.6 is 0 Å². The van der Waals surface area contributed by atoms with Gasteiger partial charge in [0.25, 0.3) is 0 Å². The molecule has 3 rings (SSSR count). The number of nitrogens with two attached hydrogens (primary N) is 1. The summed E-state index contributed by atoms with van der Waals surface area (Å²) in [6.07, 6.45) is 4.76. The molecule has 0 radical (unpaired) electrons. The highest BCUT2D eigenvalue weighted by atomic mass is 32.2. The SMILES string of the molecule is CCC(NCc1cn2ccccc2n1)c1cccc(S(N)(=O)=O)c1. The maximum atomic E-state index is 11.5. The van der Waals surface area contributed by atoms with E-state index in [1.165, 1.54) is 6.07 Å². The van der Waals surface area contributed by atoms with Gasteiger partial charge in [0.2, 0.25) is 10.0 Å². The second-order valence-electron chi connectivity index (χ2n) is 5.66. The highest BCUT2D eigenvalue weighted by molar-refractivity contribution is 7.89. The van der Waals surface area contributed by atoms with Crippen molar-refractivity contribution in [2.45, 2.75) is 30.8 Å². The van der Waals surface area contributed by atoms with E-state index in [1.807, 2.05) is 48.0 Å². The van der Waals surface area contributed by atoms with Crippen molar-refractivity contribution in [1.82, 2.24) is 14.7 Å². The van der Waals surface area contributed by atoms with E-state index in [-0.39, 0.29) is 10.9 Å². The minimum atomic E-state index is -3.69. The molecule has 6 nitrogen and oxygen atoms in total. The molecule has 1 atom stereocenters. The van der Waals surface area contributed by atoms with E-state index < -0.39 is 10.0 Å². The van der Waals surface area contributed by atoms with E-state index in [9.17, 15) is 8.42 Å². The maximum Gasteiger partial charge on any atom is 0.238 e. The standard InChI is InChI=1S/C17H20N4O2S/c1-2-16(13-6-5-7-15(10-13)24(18,22)23)19-11-14-12-21-9-4-3-8-17(21)20-14/h3-10,12,16,19H,2,11H2,1H3,(H2,18,22,23). The average molecular weight is 344 g/mol. The van der Waals surface area contributed by atoms with Crippen molar-refractivity contribution in [3.63, 3.8) is 0 Å². The molecule has 0 saturated heterocycles. The van der Waals surface area contributed by atoms with Crippen LogP contribution in [-0.2, 0) is 16.6 Å². The molecule has 1 aromatic carbocycles. The fourth-order valence-electron chi connectivity index (χ4n) is 2.71. The molecule has 0 aliphatic carbocycles. The highest BCUT2D eigenvalue weighted by Gasteiger charge is 2.14. The van der Waals surface area contributed by atoms with Gasteiger partial charge in [0.1, 0.15) is 5.65 Å². The Hall–Kier alpha value is -2.22. The van der Waals surface area contributed by atoms with Crippen molar-refractivity contribution in [1.29, 1.82) is 0 Å². The Balaban J connectivity index is 1.77. The van der Waals surface area contributed by atoms with Crippen LogP contribution in [0.2, 0.25) is 0 Å². The smallest absolute Gasteiger partial charge is 0.238 e. The number of pyridine rings is 1. The molecule has 7 heteroatoms. The third kappa shape index (κ3) is 3.64. The van der Waals surface area contributed by atoms with E-state index in [1.54, 1.807) is 12.1 Å². The third-order valence-electron chi connectivity index (χ3n) is 3.94. The minimum absolute atomic E-state index is 0.0245. The van der Waals surface area contributed by atoms with Gasteiger partial charge in [0.05, 0.1) is 10.6 Å². The number of hydrogen-bond acceptors (Lipinski definition) is 4. The van der Waals surface area contributed by atoms with Crippen LogP contribution in [-0.4, -0.2) is 17.8 Å². The summed E-state index contributed by atoms with van der Waals surface area (Å²) in [6.45, 7) is 2.64. The van der Waals surface area contributed by atoms with Crippen LogP contribution in [0.3, 0.4) is 0 Å². The van der Waals surface area contributed by atoms with Crippen LogP contribution in [0.15, 0.2) is 59.8 Å². The highest BCUT2D eigenvalue weighted by Crippen LogP contribution is 2.20. The molecular weight excluding hydrogens is 324 g/mol. The Bertz CT molecular complexity index is 917. The van der Waals surface area contributed by atoms with Gasteiger partial charge in [-0.2, -0.15) is 0 Å². The Morgan fingerprint density at radius 2 is 2.08 bits per heavy atom. The fourth-order valence-corrected chi connectivity index (χ4v) is 3.27. The molecule has 2 heterocycles. The Morgan fingerprint density at radius 1 is 1.25 bits per heavy atom. The normalized spacial score (nSPS) is 13.2. The van der Waals surface area contributed by atoms with Gasteiger partial charge in [-0.1, -0.05) is 25.1 Å².